The molecule has 0 atom stereocenters. The van der Waals surface area contributed by atoms with E-state index in [2.05, 4.69) is 15.2 Å². The zero-order chi connectivity index (χ0) is 20.7. The molecule has 10 heteroatoms. The number of imide groups is 1. The highest BCUT2D eigenvalue weighted by Gasteiger charge is 2.39. The first-order chi connectivity index (χ1) is 14.6. The number of rotatable bonds is 5. The summed E-state index contributed by atoms with van der Waals surface area (Å²) in [7, 11) is 0. The van der Waals surface area contributed by atoms with Crippen molar-refractivity contribution in [3.05, 3.63) is 77.3 Å². The number of carbonyl (C=O) groups is 3. The molecule has 0 radical (unpaired) electrons. The standard InChI is InChI=1S/C20H12N4O5S/c25-17-12-6-1-2-7-13(12)18(26)24(17)29-19(27)16-14(9-30-20-21-10-22-23-20)11-5-3-4-8-15(11)28-16/h1-8,10H,9H2,(H,21,22,23). The number of para-hydroxylation sites is 1. The summed E-state index contributed by atoms with van der Waals surface area (Å²) in [5.74, 6) is -2.08. The van der Waals surface area contributed by atoms with Gasteiger partial charge in [-0.3, -0.25) is 14.7 Å². The Bertz CT molecular complexity index is 1260. The monoisotopic (exact) mass is 420 g/mol. The van der Waals surface area contributed by atoms with Crippen molar-refractivity contribution >= 4 is 40.5 Å². The van der Waals surface area contributed by atoms with E-state index in [1.54, 1.807) is 24.3 Å². The van der Waals surface area contributed by atoms with E-state index in [9.17, 15) is 14.4 Å². The van der Waals surface area contributed by atoms with E-state index in [4.69, 9.17) is 9.25 Å². The number of nitrogens with zero attached hydrogens (tertiary/aromatic N) is 3. The minimum absolute atomic E-state index is 0.0835. The van der Waals surface area contributed by atoms with Gasteiger partial charge in [-0.05, 0) is 18.2 Å². The molecular weight excluding hydrogens is 408 g/mol. The van der Waals surface area contributed by atoms with Crippen LogP contribution >= 0.6 is 11.8 Å². The van der Waals surface area contributed by atoms with Gasteiger partial charge in [0.05, 0.1) is 11.1 Å². The Hall–Kier alpha value is -3.92. The molecule has 0 fully saturated rings. The van der Waals surface area contributed by atoms with Crippen LogP contribution in [-0.2, 0) is 10.6 Å². The van der Waals surface area contributed by atoms with Crippen LogP contribution in [0.15, 0.2) is 64.4 Å². The van der Waals surface area contributed by atoms with Crippen LogP contribution in [0.2, 0.25) is 0 Å². The number of thioether (sulfide) groups is 1. The minimum atomic E-state index is -0.936. The second-order valence-electron chi connectivity index (χ2n) is 6.31. The molecule has 0 unspecified atom stereocenters. The smallest absolute Gasteiger partial charge is 0.399 e. The summed E-state index contributed by atoms with van der Waals surface area (Å²) in [4.78, 5) is 47.1. The van der Waals surface area contributed by atoms with Crippen LogP contribution in [-0.4, -0.2) is 38.0 Å². The van der Waals surface area contributed by atoms with Crippen molar-refractivity contribution < 1.29 is 23.6 Å². The van der Waals surface area contributed by atoms with E-state index in [0.29, 0.717) is 27.1 Å². The van der Waals surface area contributed by atoms with Crippen molar-refractivity contribution in [1.82, 2.24) is 20.2 Å². The number of aromatic nitrogens is 3. The van der Waals surface area contributed by atoms with E-state index in [1.165, 1.54) is 30.2 Å². The first-order valence-electron chi connectivity index (χ1n) is 8.82. The highest BCUT2D eigenvalue weighted by molar-refractivity contribution is 7.98. The largest absolute Gasteiger partial charge is 0.449 e. The van der Waals surface area contributed by atoms with Gasteiger partial charge in [-0.25, -0.2) is 9.78 Å². The highest BCUT2D eigenvalue weighted by Crippen LogP contribution is 2.32. The Balaban J connectivity index is 1.46. The highest BCUT2D eigenvalue weighted by atomic mass is 32.2. The van der Waals surface area contributed by atoms with Gasteiger partial charge in [-0.1, -0.05) is 47.2 Å². The number of hydrogen-bond donors (Lipinski definition) is 1. The molecule has 30 heavy (non-hydrogen) atoms. The zero-order valence-corrected chi connectivity index (χ0v) is 16.0. The Labute approximate surface area is 173 Å². The lowest BCUT2D eigenvalue weighted by Gasteiger charge is -2.12. The Morgan fingerprint density at radius 1 is 1.07 bits per heavy atom. The summed E-state index contributed by atoms with van der Waals surface area (Å²) in [5, 5.41) is 8.28. The number of aromatic amines is 1. The first-order valence-corrected chi connectivity index (χ1v) is 9.80. The third-order valence-corrected chi connectivity index (χ3v) is 5.46. The summed E-state index contributed by atoms with van der Waals surface area (Å²) >= 11 is 1.32. The molecule has 0 aliphatic carbocycles. The normalized spacial score (nSPS) is 13.1. The molecule has 3 heterocycles. The third kappa shape index (κ3) is 2.94. The topological polar surface area (TPSA) is 118 Å². The van der Waals surface area contributed by atoms with Crippen LogP contribution in [0.25, 0.3) is 11.0 Å². The Morgan fingerprint density at radius 2 is 1.77 bits per heavy atom. The van der Waals surface area contributed by atoms with Crippen LogP contribution in [0, 0.1) is 0 Å². The fourth-order valence-electron chi connectivity index (χ4n) is 3.19. The van der Waals surface area contributed by atoms with Gasteiger partial charge >= 0.3 is 5.97 Å². The molecule has 2 aromatic carbocycles. The van der Waals surface area contributed by atoms with Gasteiger partial charge < -0.3 is 9.25 Å². The second-order valence-corrected chi connectivity index (χ2v) is 7.28. The predicted octanol–water partition coefficient (Wildman–Crippen LogP) is 3.21. The maximum atomic E-state index is 12.9. The molecule has 2 aromatic heterocycles. The third-order valence-electron chi connectivity index (χ3n) is 4.56. The van der Waals surface area contributed by atoms with E-state index < -0.39 is 17.8 Å². The minimum Gasteiger partial charge on any atom is -0.449 e. The number of H-pyrrole nitrogens is 1. The number of benzene rings is 2. The number of fused-ring (bicyclic) bond motifs is 2. The summed E-state index contributed by atoms with van der Waals surface area (Å²) in [6.07, 6.45) is 1.38. The lowest BCUT2D eigenvalue weighted by Crippen LogP contribution is -2.32. The number of amides is 2. The van der Waals surface area contributed by atoms with E-state index >= 15 is 0 Å². The maximum absolute atomic E-state index is 12.9. The molecule has 4 aromatic rings. The molecule has 2 amide bonds. The summed E-state index contributed by atoms with van der Waals surface area (Å²) < 4.78 is 5.71. The van der Waals surface area contributed by atoms with Crippen LogP contribution in [0.4, 0.5) is 0 Å². The molecule has 0 saturated heterocycles. The predicted molar refractivity (Wildman–Crippen MR) is 105 cm³/mol. The Kier molecular flexibility index (Phi) is 4.32. The summed E-state index contributed by atoms with van der Waals surface area (Å²) in [6, 6.07) is 13.4. The van der Waals surface area contributed by atoms with Gasteiger partial charge in [0, 0.05) is 16.7 Å². The number of hydrogen-bond acceptors (Lipinski definition) is 8. The summed E-state index contributed by atoms with van der Waals surface area (Å²) in [5.41, 5.74) is 1.41. The quantitative estimate of drug-likeness (QED) is 0.386. The van der Waals surface area contributed by atoms with Gasteiger partial charge in [0.1, 0.15) is 11.9 Å². The average molecular weight is 420 g/mol. The van der Waals surface area contributed by atoms with Crippen molar-refractivity contribution in [3.63, 3.8) is 0 Å². The van der Waals surface area contributed by atoms with Crippen LogP contribution in [0.1, 0.15) is 36.8 Å². The zero-order valence-electron chi connectivity index (χ0n) is 15.2. The SMILES string of the molecule is O=C(ON1C(=O)c2ccccc2C1=O)c1oc2ccccc2c1CSc1ncn[nH]1. The van der Waals surface area contributed by atoms with Gasteiger partial charge in [-0.2, -0.15) is 5.10 Å². The van der Waals surface area contributed by atoms with E-state index in [-0.39, 0.29) is 16.9 Å². The molecule has 0 saturated carbocycles. The van der Waals surface area contributed by atoms with Crippen molar-refractivity contribution in [2.75, 3.05) is 0 Å². The van der Waals surface area contributed by atoms with Crippen molar-refractivity contribution in [1.29, 1.82) is 0 Å². The maximum Gasteiger partial charge on any atom is 0.399 e. The molecule has 0 spiro atoms. The van der Waals surface area contributed by atoms with Gasteiger partial charge in [0.2, 0.25) is 5.76 Å². The van der Waals surface area contributed by atoms with Crippen molar-refractivity contribution in [3.8, 4) is 0 Å². The molecule has 5 rings (SSSR count). The number of carbonyl (C=O) groups excluding carboxylic acids is 3. The number of hydroxylamine groups is 2. The molecule has 9 nitrogen and oxygen atoms in total. The molecule has 1 aliphatic heterocycles. The fraction of sp³-hybridized carbons (Fsp3) is 0.0500. The van der Waals surface area contributed by atoms with E-state index in [0.717, 1.165) is 5.39 Å². The Morgan fingerprint density at radius 3 is 2.47 bits per heavy atom. The van der Waals surface area contributed by atoms with Gasteiger partial charge in [0.25, 0.3) is 11.8 Å². The summed E-state index contributed by atoms with van der Waals surface area (Å²) in [6.45, 7) is 0. The fourth-order valence-corrected chi connectivity index (χ4v) is 3.99. The number of nitrogens with one attached hydrogen (secondary N) is 1. The van der Waals surface area contributed by atoms with Gasteiger partial charge in [-0.15, -0.1) is 0 Å². The van der Waals surface area contributed by atoms with Crippen molar-refractivity contribution in [2.24, 2.45) is 0 Å². The first kappa shape index (κ1) is 18.1. The molecular formula is C20H12N4O5S. The lowest BCUT2D eigenvalue weighted by molar-refractivity contribution is -0.0602. The van der Waals surface area contributed by atoms with E-state index in [1.807, 2.05) is 12.1 Å². The second kappa shape index (κ2) is 7.16. The van der Waals surface area contributed by atoms with Crippen molar-refractivity contribution in [2.45, 2.75) is 10.9 Å². The molecule has 0 bridgehead atoms. The lowest BCUT2D eigenvalue weighted by atomic mass is 10.1. The van der Waals surface area contributed by atoms with Crippen LogP contribution in [0.3, 0.4) is 0 Å². The average Bonchev–Trinajstić information content (AvgIpc) is 3.47. The number of furan rings is 1. The van der Waals surface area contributed by atoms with Crippen LogP contribution < -0.4 is 0 Å². The van der Waals surface area contributed by atoms with Crippen LogP contribution in [0.5, 0.6) is 0 Å². The molecule has 1 aliphatic rings. The van der Waals surface area contributed by atoms with Gasteiger partial charge in [0.15, 0.2) is 5.16 Å². The molecule has 148 valence electrons. The molecule has 1 N–H and O–H groups in total.